The summed E-state index contributed by atoms with van der Waals surface area (Å²) in [7, 11) is 0. The van der Waals surface area contributed by atoms with Gasteiger partial charge in [0.15, 0.2) is 0 Å². The van der Waals surface area contributed by atoms with Crippen molar-refractivity contribution in [2.24, 2.45) is 0 Å². The van der Waals surface area contributed by atoms with E-state index in [4.69, 9.17) is 0 Å². The number of carbonyl (C=O) groups is 1. The third kappa shape index (κ3) is 2.52. The van der Waals surface area contributed by atoms with E-state index >= 15 is 0 Å². The smallest absolute Gasteiger partial charge is 0.255 e. The molecule has 1 amide bonds. The van der Waals surface area contributed by atoms with Gasteiger partial charge < -0.3 is 10.3 Å². The van der Waals surface area contributed by atoms with Gasteiger partial charge in [-0.05, 0) is 40.3 Å². The number of amides is 1. The molecule has 0 saturated carbocycles. The summed E-state index contributed by atoms with van der Waals surface area (Å²) in [6.07, 6.45) is 2.24. The van der Waals surface area contributed by atoms with Crippen LogP contribution in [0.4, 0.5) is 0 Å². The Morgan fingerprint density at radius 2 is 1.70 bits per heavy atom. The summed E-state index contributed by atoms with van der Waals surface area (Å²) < 4.78 is 0. The highest BCUT2D eigenvalue weighted by Gasteiger charge is 2.22. The first-order valence-electron chi connectivity index (χ1n) is 7.69. The van der Waals surface area contributed by atoms with Gasteiger partial charge in [-0.3, -0.25) is 9.59 Å². The molecule has 4 heteroatoms. The van der Waals surface area contributed by atoms with Crippen molar-refractivity contribution in [3.8, 4) is 11.1 Å². The summed E-state index contributed by atoms with van der Waals surface area (Å²) in [5.41, 5.74) is 3.30. The molecule has 2 aromatic carbocycles. The van der Waals surface area contributed by atoms with Crippen LogP contribution in [0.1, 0.15) is 17.9 Å². The molecule has 2 N–H and O–H groups in total. The van der Waals surface area contributed by atoms with Crippen LogP contribution in [0.3, 0.4) is 0 Å². The van der Waals surface area contributed by atoms with Crippen LogP contribution in [0, 0.1) is 0 Å². The highest BCUT2D eigenvalue weighted by molar-refractivity contribution is 5.86. The molecule has 0 aliphatic carbocycles. The van der Waals surface area contributed by atoms with Crippen molar-refractivity contribution in [3.63, 3.8) is 0 Å². The first-order valence-corrected chi connectivity index (χ1v) is 7.69. The van der Waals surface area contributed by atoms with Crippen molar-refractivity contribution in [3.05, 3.63) is 70.6 Å². The van der Waals surface area contributed by atoms with E-state index in [1.54, 1.807) is 6.20 Å². The maximum Gasteiger partial charge on any atom is 0.255 e. The van der Waals surface area contributed by atoms with Crippen LogP contribution in [0.2, 0.25) is 0 Å². The Kier molecular flexibility index (Phi) is 3.23. The number of pyridine rings is 1. The molecule has 4 nitrogen and oxygen atoms in total. The van der Waals surface area contributed by atoms with Crippen LogP contribution in [-0.2, 0) is 4.79 Å². The molecular formula is C19H16N2O2. The van der Waals surface area contributed by atoms with Gasteiger partial charge in [0.05, 0.1) is 0 Å². The van der Waals surface area contributed by atoms with E-state index in [1.807, 2.05) is 24.3 Å². The van der Waals surface area contributed by atoms with Crippen molar-refractivity contribution >= 4 is 16.7 Å². The minimum absolute atomic E-state index is 0.0669. The number of benzene rings is 2. The topological polar surface area (TPSA) is 62.0 Å². The third-order valence-corrected chi connectivity index (χ3v) is 4.47. The molecule has 1 fully saturated rings. The van der Waals surface area contributed by atoms with E-state index in [0.717, 1.165) is 23.1 Å². The largest absolute Gasteiger partial charge is 0.355 e. The monoisotopic (exact) mass is 304 g/mol. The minimum Gasteiger partial charge on any atom is -0.355 e. The molecule has 1 unspecified atom stereocenters. The maximum absolute atomic E-state index is 11.8. The number of hydrogen-bond donors (Lipinski definition) is 2. The van der Waals surface area contributed by atoms with E-state index < -0.39 is 0 Å². The predicted molar refractivity (Wildman–Crippen MR) is 90.4 cm³/mol. The summed E-state index contributed by atoms with van der Waals surface area (Å²) in [4.78, 5) is 25.8. The molecule has 1 aliphatic rings. The van der Waals surface area contributed by atoms with E-state index in [0.29, 0.717) is 11.8 Å². The fourth-order valence-corrected chi connectivity index (χ4v) is 3.16. The molecule has 3 aromatic rings. The van der Waals surface area contributed by atoms with E-state index in [9.17, 15) is 9.59 Å². The first kappa shape index (κ1) is 13.8. The van der Waals surface area contributed by atoms with Gasteiger partial charge in [-0.1, -0.05) is 30.3 Å². The van der Waals surface area contributed by atoms with Gasteiger partial charge in [0.25, 0.3) is 5.56 Å². The molecule has 0 spiro atoms. The molecule has 4 rings (SSSR count). The average molecular weight is 304 g/mol. The molecule has 1 atom stereocenters. The summed E-state index contributed by atoms with van der Waals surface area (Å²) in [5, 5.41) is 4.50. The molecule has 1 saturated heterocycles. The average Bonchev–Trinajstić information content (AvgIpc) is 3.01. The standard InChI is InChI=1S/C19H16N2O2/c22-18-10-16(11-21-18)13-3-1-12(2-4-13)14-5-6-17-15(9-14)7-8-20-19(17)23/h1-9,16H,10-11H2,(H,20,23)(H,21,22). The number of nitrogens with one attached hydrogen (secondary N) is 2. The Labute approximate surface area is 133 Å². The molecule has 1 aliphatic heterocycles. The Hall–Kier alpha value is -2.88. The number of H-pyrrole nitrogens is 1. The molecule has 1 aromatic heterocycles. The second kappa shape index (κ2) is 5.39. The first-order chi connectivity index (χ1) is 11.2. The second-order valence-corrected chi connectivity index (χ2v) is 5.94. The van der Waals surface area contributed by atoms with Gasteiger partial charge >= 0.3 is 0 Å². The van der Waals surface area contributed by atoms with E-state index in [2.05, 4.69) is 34.6 Å². The summed E-state index contributed by atoms with van der Waals surface area (Å²) in [6, 6.07) is 16.1. The lowest BCUT2D eigenvalue weighted by molar-refractivity contribution is -0.119. The summed E-state index contributed by atoms with van der Waals surface area (Å²) in [5.74, 6) is 0.394. The van der Waals surface area contributed by atoms with Gasteiger partial charge in [0.1, 0.15) is 0 Å². The number of hydrogen-bond acceptors (Lipinski definition) is 2. The fourth-order valence-electron chi connectivity index (χ4n) is 3.16. The predicted octanol–water partition coefficient (Wildman–Crippen LogP) is 2.80. The highest BCUT2D eigenvalue weighted by atomic mass is 16.1. The van der Waals surface area contributed by atoms with Gasteiger partial charge in [-0.15, -0.1) is 0 Å². The Balaban J connectivity index is 1.68. The number of fused-ring (bicyclic) bond motifs is 1. The van der Waals surface area contributed by atoms with Crippen molar-refractivity contribution in [1.29, 1.82) is 0 Å². The molecular weight excluding hydrogens is 288 g/mol. The van der Waals surface area contributed by atoms with Crippen LogP contribution >= 0.6 is 0 Å². The Morgan fingerprint density at radius 3 is 2.43 bits per heavy atom. The van der Waals surface area contributed by atoms with Crippen LogP contribution in [0.25, 0.3) is 21.9 Å². The maximum atomic E-state index is 11.8. The van der Waals surface area contributed by atoms with E-state index in [1.165, 1.54) is 5.56 Å². The van der Waals surface area contributed by atoms with E-state index in [-0.39, 0.29) is 17.4 Å². The zero-order valence-corrected chi connectivity index (χ0v) is 12.5. The summed E-state index contributed by atoms with van der Waals surface area (Å²) >= 11 is 0. The van der Waals surface area contributed by atoms with Crippen LogP contribution in [-0.4, -0.2) is 17.4 Å². The zero-order valence-electron chi connectivity index (χ0n) is 12.5. The quantitative estimate of drug-likeness (QED) is 0.765. The lowest BCUT2D eigenvalue weighted by atomic mass is 9.95. The molecule has 0 bridgehead atoms. The van der Waals surface area contributed by atoms with Crippen LogP contribution in [0.5, 0.6) is 0 Å². The Morgan fingerprint density at radius 1 is 0.913 bits per heavy atom. The number of carbonyl (C=O) groups excluding carboxylic acids is 1. The van der Waals surface area contributed by atoms with Gasteiger partial charge in [0, 0.05) is 30.5 Å². The molecule has 2 heterocycles. The number of rotatable bonds is 2. The number of aromatic nitrogens is 1. The second-order valence-electron chi connectivity index (χ2n) is 5.94. The minimum atomic E-state index is -0.0669. The molecule has 23 heavy (non-hydrogen) atoms. The van der Waals surface area contributed by atoms with Gasteiger partial charge in [-0.25, -0.2) is 0 Å². The van der Waals surface area contributed by atoms with Crippen LogP contribution in [0.15, 0.2) is 59.5 Å². The SMILES string of the molecule is O=C1CC(c2ccc(-c3ccc4c(=O)[nH]ccc4c3)cc2)CN1. The zero-order chi connectivity index (χ0) is 15.8. The number of aromatic amines is 1. The van der Waals surface area contributed by atoms with Crippen molar-refractivity contribution in [2.75, 3.05) is 6.54 Å². The van der Waals surface area contributed by atoms with Crippen molar-refractivity contribution in [2.45, 2.75) is 12.3 Å². The van der Waals surface area contributed by atoms with Crippen molar-refractivity contribution < 1.29 is 4.79 Å². The fraction of sp³-hybridized carbons (Fsp3) is 0.158. The normalized spacial score (nSPS) is 17.4. The third-order valence-electron chi connectivity index (χ3n) is 4.47. The lowest BCUT2D eigenvalue weighted by Crippen LogP contribution is -2.13. The summed E-state index contributed by atoms with van der Waals surface area (Å²) in [6.45, 7) is 0.719. The highest BCUT2D eigenvalue weighted by Crippen LogP contribution is 2.27. The van der Waals surface area contributed by atoms with Crippen molar-refractivity contribution in [1.82, 2.24) is 10.3 Å². The lowest BCUT2D eigenvalue weighted by Gasteiger charge is -2.09. The van der Waals surface area contributed by atoms with Gasteiger partial charge in [-0.2, -0.15) is 0 Å². The Bertz CT molecular complexity index is 941. The van der Waals surface area contributed by atoms with Crippen LogP contribution < -0.4 is 10.9 Å². The molecule has 0 radical (unpaired) electrons. The molecule has 114 valence electrons. The van der Waals surface area contributed by atoms with Gasteiger partial charge in [0.2, 0.25) is 5.91 Å².